The molecule has 1 N–H and O–H groups in total. The van der Waals surface area contributed by atoms with Gasteiger partial charge in [0.15, 0.2) is 0 Å². The van der Waals surface area contributed by atoms with Gasteiger partial charge in [0.05, 0.1) is 11.7 Å². The molecule has 2 aromatic heterocycles. The average Bonchev–Trinajstić information content (AvgIpc) is 3.19. The van der Waals surface area contributed by atoms with Crippen LogP contribution < -0.4 is 5.32 Å². The molecule has 3 rings (SSSR count). The summed E-state index contributed by atoms with van der Waals surface area (Å²) in [6.45, 7) is 3.16. The van der Waals surface area contributed by atoms with Gasteiger partial charge in [0.2, 0.25) is 0 Å². The van der Waals surface area contributed by atoms with E-state index in [4.69, 9.17) is 5.10 Å². The number of rotatable bonds is 6. The quantitative estimate of drug-likeness (QED) is 0.860. The molecule has 0 aromatic carbocycles. The number of hydrogen-bond acceptors (Lipinski definition) is 3. The molecule has 0 radical (unpaired) electrons. The fraction of sp³-hybridized carbons (Fsp3) is 0.588. The van der Waals surface area contributed by atoms with E-state index >= 15 is 0 Å². The zero-order chi connectivity index (χ0) is 14.5. The summed E-state index contributed by atoms with van der Waals surface area (Å²) in [4.78, 5) is 0. The van der Waals surface area contributed by atoms with Crippen LogP contribution in [0, 0.1) is 0 Å². The van der Waals surface area contributed by atoms with Crippen LogP contribution in [0.2, 0.25) is 0 Å². The standard InChI is InChI=1S/C17H25N3S/c1-2-18-17(14-9-11-21-13-14)12-15-8-10-20(19-15)16-6-4-3-5-7-16/h8-11,13,16-18H,2-7,12H2,1H3. The smallest absolute Gasteiger partial charge is 0.0643 e. The van der Waals surface area contributed by atoms with Crippen molar-refractivity contribution in [1.82, 2.24) is 15.1 Å². The Labute approximate surface area is 131 Å². The number of thiophene rings is 1. The number of likely N-dealkylation sites (N-methyl/N-ethyl adjacent to an activating group) is 1. The zero-order valence-electron chi connectivity index (χ0n) is 12.8. The van der Waals surface area contributed by atoms with E-state index in [2.05, 4.69) is 46.0 Å². The van der Waals surface area contributed by atoms with Gasteiger partial charge in [-0.15, -0.1) is 0 Å². The third-order valence-corrected chi connectivity index (χ3v) is 5.12. The monoisotopic (exact) mass is 303 g/mol. The first-order chi connectivity index (χ1) is 10.4. The number of hydrogen-bond donors (Lipinski definition) is 1. The molecule has 4 heteroatoms. The minimum atomic E-state index is 0.385. The van der Waals surface area contributed by atoms with Gasteiger partial charge in [0, 0.05) is 18.7 Å². The lowest BCUT2D eigenvalue weighted by Gasteiger charge is -2.22. The Bertz CT molecular complexity index is 526. The molecule has 0 spiro atoms. The lowest BCUT2D eigenvalue weighted by molar-refractivity contribution is 0.327. The van der Waals surface area contributed by atoms with Crippen LogP contribution in [0.25, 0.3) is 0 Å². The third-order valence-electron chi connectivity index (χ3n) is 4.42. The summed E-state index contributed by atoms with van der Waals surface area (Å²) in [5.41, 5.74) is 2.59. The summed E-state index contributed by atoms with van der Waals surface area (Å²) in [6.07, 6.45) is 9.85. The summed E-state index contributed by atoms with van der Waals surface area (Å²) in [7, 11) is 0. The molecular formula is C17H25N3S. The van der Waals surface area contributed by atoms with Gasteiger partial charge in [0.25, 0.3) is 0 Å². The summed E-state index contributed by atoms with van der Waals surface area (Å²) in [6, 6.07) is 5.43. The predicted octanol–water partition coefficient (Wildman–Crippen LogP) is 4.34. The molecule has 3 nitrogen and oxygen atoms in total. The van der Waals surface area contributed by atoms with Crippen LogP contribution >= 0.6 is 11.3 Å². The van der Waals surface area contributed by atoms with Crippen LogP contribution in [0.1, 0.15) is 62.4 Å². The Morgan fingerprint density at radius 3 is 2.90 bits per heavy atom. The van der Waals surface area contributed by atoms with Gasteiger partial charge < -0.3 is 5.32 Å². The largest absolute Gasteiger partial charge is 0.310 e. The Morgan fingerprint density at radius 1 is 1.33 bits per heavy atom. The molecule has 1 saturated carbocycles. The summed E-state index contributed by atoms with van der Waals surface area (Å²) in [5, 5.41) is 12.8. The van der Waals surface area contributed by atoms with E-state index in [0.717, 1.165) is 13.0 Å². The van der Waals surface area contributed by atoms with Crippen LogP contribution in [-0.4, -0.2) is 16.3 Å². The van der Waals surface area contributed by atoms with E-state index < -0.39 is 0 Å². The van der Waals surface area contributed by atoms with Crippen molar-refractivity contribution in [2.45, 2.75) is 57.5 Å². The second kappa shape index (κ2) is 7.23. The van der Waals surface area contributed by atoms with E-state index in [1.165, 1.54) is 43.4 Å². The highest BCUT2D eigenvalue weighted by Gasteiger charge is 2.18. The molecule has 1 fully saturated rings. The van der Waals surface area contributed by atoms with Crippen LogP contribution in [0.3, 0.4) is 0 Å². The minimum absolute atomic E-state index is 0.385. The molecule has 2 aromatic rings. The first-order valence-electron chi connectivity index (χ1n) is 8.16. The molecule has 114 valence electrons. The van der Waals surface area contributed by atoms with Crippen LogP contribution in [0.15, 0.2) is 29.1 Å². The Kier molecular flexibility index (Phi) is 5.09. The van der Waals surface area contributed by atoms with Gasteiger partial charge in [-0.25, -0.2) is 0 Å². The first-order valence-corrected chi connectivity index (χ1v) is 9.10. The van der Waals surface area contributed by atoms with Gasteiger partial charge in [-0.3, -0.25) is 4.68 Å². The minimum Gasteiger partial charge on any atom is -0.310 e. The first kappa shape index (κ1) is 14.8. The molecular weight excluding hydrogens is 278 g/mol. The number of aromatic nitrogens is 2. The highest BCUT2D eigenvalue weighted by molar-refractivity contribution is 7.07. The summed E-state index contributed by atoms with van der Waals surface area (Å²) < 4.78 is 2.21. The van der Waals surface area contributed by atoms with Crippen LogP contribution in [0.5, 0.6) is 0 Å². The Morgan fingerprint density at radius 2 is 2.19 bits per heavy atom. The zero-order valence-corrected chi connectivity index (χ0v) is 13.6. The SMILES string of the molecule is CCNC(Cc1ccn(C2CCCCC2)n1)c1ccsc1. The van der Waals surface area contributed by atoms with Crippen LogP contribution in [0.4, 0.5) is 0 Å². The van der Waals surface area contributed by atoms with Crippen molar-refractivity contribution in [1.29, 1.82) is 0 Å². The second-order valence-corrected chi connectivity index (χ2v) is 6.73. The summed E-state index contributed by atoms with van der Waals surface area (Å²) in [5.74, 6) is 0. The van der Waals surface area contributed by atoms with Crippen LogP contribution in [-0.2, 0) is 6.42 Å². The molecule has 0 amide bonds. The fourth-order valence-electron chi connectivity index (χ4n) is 3.27. The molecule has 1 unspecified atom stereocenters. The van der Waals surface area contributed by atoms with E-state index in [1.54, 1.807) is 11.3 Å². The Balaban J connectivity index is 1.67. The predicted molar refractivity (Wildman–Crippen MR) is 88.8 cm³/mol. The molecule has 0 bridgehead atoms. The molecule has 0 aliphatic heterocycles. The highest BCUT2D eigenvalue weighted by atomic mass is 32.1. The van der Waals surface area contributed by atoms with E-state index in [0.29, 0.717) is 12.1 Å². The maximum Gasteiger partial charge on any atom is 0.0643 e. The lowest BCUT2D eigenvalue weighted by Crippen LogP contribution is -2.23. The van der Waals surface area contributed by atoms with Crippen molar-refractivity contribution < 1.29 is 0 Å². The van der Waals surface area contributed by atoms with Crippen molar-refractivity contribution in [3.8, 4) is 0 Å². The third kappa shape index (κ3) is 3.74. The van der Waals surface area contributed by atoms with Crippen molar-refractivity contribution in [3.63, 3.8) is 0 Å². The normalized spacial score (nSPS) is 18.0. The van der Waals surface area contributed by atoms with Crippen molar-refractivity contribution in [3.05, 3.63) is 40.3 Å². The van der Waals surface area contributed by atoms with Crippen molar-refractivity contribution in [2.24, 2.45) is 0 Å². The van der Waals surface area contributed by atoms with Gasteiger partial charge >= 0.3 is 0 Å². The summed E-state index contributed by atoms with van der Waals surface area (Å²) >= 11 is 1.77. The van der Waals surface area contributed by atoms with E-state index in [-0.39, 0.29) is 0 Å². The van der Waals surface area contributed by atoms with Gasteiger partial charge in [-0.2, -0.15) is 16.4 Å². The van der Waals surface area contributed by atoms with Crippen molar-refractivity contribution >= 4 is 11.3 Å². The molecule has 2 heterocycles. The fourth-order valence-corrected chi connectivity index (χ4v) is 3.99. The van der Waals surface area contributed by atoms with E-state index in [9.17, 15) is 0 Å². The molecule has 1 aliphatic carbocycles. The topological polar surface area (TPSA) is 29.9 Å². The molecule has 21 heavy (non-hydrogen) atoms. The molecule has 1 atom stereocenters. The maximum absolute atomic E-state index is 4.85. The Hall–Kier alpha value is -1.13. The van der Waals surface area contributed by atoms with E-state index in [1.807, 2.05) is 0 Å². The lowest BCUT2D eigenvalue weighted by atomic mass is 9.96. The molecule has 1 aliphatic rings. The van der Waals surface area contributed by atoms with Gasteiger partial charge in [0.1, 0.15) is 0 Å². The van der Waals surface area contributed by atoms with Crippen molar-refractivity contribution in [2.75, 3.05) is 6.54 Å². The number of nitrogens with zero attached hydrogens (tertiary/aromatic N) is 2. The average molecular weight is 303 g/mol. The molecule has 0 saturated heterocycles. The van der Waals surface area contributed by atoms with Gasteiger partial charge in [-0.05, 0) is 47.8 Å². The second-order valence-electron chi connectivity index (χ2n) is 5.95. The maximum atomic E-state index is 4.85. The van der Waals surface area contributed by atoms with Gasteiger partial charge in [-0.1, -0.05) is 26.2 Å². The number of nitrogens with one attached hydrogen (secondary N) is 1. The highest BCUT2D eigenvalue weighted by Crippen LogP contribution is 2.28.